The molecule has 0 fully saturated rings. The highest BCUT2D eigenvalue weighted by Crippen LogP contribution is 2.32. The molecule has 2 aromatic carbocycles. The molecule has 1 aliphatic rings. The summed E-state index contributed by atoms with van der Waals surface area (Å²) in [4.78, 5) is 44.1. The molecule has 1 aromatic heterocycles. The highest BCUT2D eigenvalue weighted by molar-refractivity contribution is 7.09. The van der Waals surface area contributed by atoms with Crippen LogP contribution in [0, 0.1) is 13.8 Å². The minimum absolute atomic E-state index is 0.0671. The Kier molecular flexibility index (Phi) is 5.69. The Morgan fingerprint density at radius 3 is 2.61 bits per heavy atom. The number of amides is 2. The minimum atomic E-state index is -0.557. The molecule has 0 unspecified atom stereocenters. The van der Waals surface area contributed by atoms with Crippen molar-refractivity contribution in [2.45, 2.75) is 40.2 Å². The zero-order valence-corrected chi connectivity index (χ0v) is 18.4. The largest absolute Gasteiger partial charge is 0.456 e. The molecule has 0 radical (unpaired) electrons. The number of imide groups is 1. The van der Waals surface area contributed by atoms with Crippen molar-refractivity contribution in [2.24, 2.45) is 0 Å². The van der Waals surface area contributed by atoms with E-state index in [1.54, 1.807) is 11.3 Å². The monoisotopic (exact) mass is 434 g/mol. The van der Waals surface area contributed by atoms with Crippen LogP contribution in [0.5, 0.6) is 0 Å². The van der Waals surface area contributed by atoms with Crippen LogP contribution in [0.4, 0.5) is 5.69 Å². The Hall–Kier alpha value is -3.32. The van der Waals surface area contributed by atoms with E-state index in [-0.39, 0.29) is 29.2 Å². The summed E-state index contributed by atoms with van der Waals surface area (Å²) in [5, 5.41) is 2.90. The van der Waals surface area contributed by atoms with Gasteiger partial charge in [-0.1, -0.05) is 19.1 Å². The van der Waals surface area contributed by atoms with Gasteiger partial charge in [-0.05, 0) is 62.1 Å². The second-order valence-electron chi connectivity index (χ2n) is 7.55. The van der Waals surface area contributed by atoms with E-state index in [0.29, 0.717) is 11.4 Å². The highest BCUT2D eigenvalue weighted by Gasteiger charge is 2.38. The molecule has 158 valence electrons. The SMILES string of the molecule is CCCc1nc(COC(=O)c2ccc3c(c2)C(=O)N(c2cc(C)ccc2C)C3=O)cs1. The molecule has 0 atom stereocenters. The lowest BCUT2D eigenvalue weighted by Crippen LogP contribution is -2.30. The van der Waals surface area contributed by atoms with Gasteiger partial charge < -0.3 is 4.74 Å². The van der Waals surface area contributed by atoms with E-state index in [2.05, 4.69) is 11.9 Å². The van der Waals surface area contributed by atoms with Crippen LogP contribution in [-0.2, 0) is 17.8 Å². The molecule has 0 spiro atoms. The molecule has 3 aromatic rings. The Morgan fingerprint density at radius 1 is 1.06 bits per heavy atom. The molecule has 0 aliphatic carbocycles. The van der Waals surface area contributed by atoms with E-state index in [1.807, 2.05) is 37.4 Å². The van der Waals surface area contributed by atoms with Crippen molar-refractivity contribution in [3.8, 4) is 0 Å². The summed E-state index contributed by atoms with van der Waals surface area (Å²) in [5.74, 6) is -1.38. The zero-order valence-electron chi connectivity index (χ0n) is 17.6. The number of benzene rings is 2. The molecule has 0 N–H and O–H groups in total. The third-order valence-electron chi connectivity index (χ3n) is 5.14. The number of aromatic nitrogens is 1. The van der Waals surface area contributed by atoms with E-state index < -0.39 is 11.9 Å². The van der Waals surface area contributed by atoms with Crippen molar-refractivity contribution >= 4 is 34.8 Å². The molecule has 0 bridgehead atoms. The average molecular weight is 435 g/mol. The molecular weight excluding hydrogens is 412 g/mol. The van der Waals surface area contributed by atoms with Crippen LogP contribution >= 0.6 is 11.3 Å². The Morgan fingerprint density at radius 2 is 1.84 bits per heavy atom. The number of anilines is 1. The van der Waals surface area contributed by atoms with Crippen molar-refractivity contribution in [1.82, 2.24) is 4.98 Å². The number of hydrogen-bond acceptors (Lipinski definition) is 6. The molecule has 0 saturated carbocycles. The number of aryl methyl sites for hydroxylation is 3. The normalized spacial score (nSPS) is 12.9. The van der Waals surface area contributed by atoms with Gasteiger partial charge in [0.15, 0.2) is 0 Å². The van der Waals surface area contributed by atoms with Crippen LogP contribution in [0.15, 0.2) is 41.8 Å². The van der Waals surface area contributed by atoms with Crippen LogP contribution in [0.25, 0.3) is 0 Å². The molecule has 4 rings (SSSR count). The highest BCUT2D eigenvalue weighted by atomic mass is 32.1. The van der Waals surface area contributed by atoms with Gasteiger partial charge in [0.05, 0.1) is 33.1 Å². The summed E-state index contributed by atoms with van der Waals surface area (Å²) in [5.41, 5.74) is 3.75. The maximum Gasteiger partial charge on any atom is 0.338 e. The van der Waals surface area contributed by atoms with Gasteiger partial charge >= 0.3 is 5.97 Å². The molecule has 0 saturated heterocycles. The predicted molar refractivity (Wildman–Crippen MR) is 119 cm³/mol. The first-order chi connectivity index (χ1) is 14.9. The molecule has 1 aliphatic heterocycles. The Bertz CT molecular complexity index is 1200. The van der Waals surface area contributed by atoms with E-state index in [4.69, 9.17) is 4.74 Å². The van der Waals surface area contributed by atoms with Crippen LogP contribution < -0.4 is 4.90 Å². The number of rotatable bonds is 6. The van der Waals surface area contributed by atoms with Crippen LogP contribution in [0.1, 0.15) is 66.2 Å². The van der Waals surface area contributed by atoms with Gasteiger partial charge in [0.25, 0.3) is 11.8 Å². The number of esters is 1. The first-order valence-corrected chi connectivity index (χ1v) is 11.0. The molecule has 2 amide bonds. The number of carbonyl (C=O) groups is 3. The lowest BCUT2D eigenvalue weighted by molar-refractivity contribution is 0.0468. The molecule has 6 nitrogen and oxygen atoms in total. The molecule has 31 heavy (non-hydrogen) atoms. The number of nitrogens with zero attached hydrogens (tertiary/aromatic N) is 2. The van der Waals surface area contributed by atoms with Crippen molar-refractivity contribution in [3.05, 3.63) is 80.3 Å². The van der Waals surface area contributed by atoms with Crippen molar-refractivity contribution in [2.75, 3.05) is 4.90 Å². The van der Waals surface area contributed by atoms with E-state index in [9.17, 15) is 14.4 Å². The Labute approximate surface area is 184 Å². The van der Waals surface area contributed by atoms with E-state index in [0.717, 1.165) is 29.0 Å². The average Bonchev–Trinajstić information content (AvgIpc) is 3.30. The lowest BCUT2D eigenvalue weighted by Gasteiger charge is -2.17. The van der Waals surface area contributed by atoms with Gasteiger partial charge in [0.1, 0.15) is 6.61 Å². The number of ether oxygens (including phenoxy) is 1. The molecule has 7 heteroatoms. The predicted octanol–water partition coefficient (Wildman–Crippen LogP) is 4.87. The topological polar surface area (TPSA) is 76.6 Å². The van der Waals surface area contributed by atoms with Gasteiger partial charge in [-0.15, -0.1) is 11.3 Å². The quantitative estimate of drug-likeness (QED) is 0.409. The minimum Gasteiger partial charge on any atom is -0.456 e. The van der Waals surface area contributed by atoms with E-state index in [1.165, 1.54) is 23.1 Å². The summed E-state index contributed by atoms with van der Waals surface area (Å²) in [7, 11) is 0. The van der Waals surface area contributed by atoms with Crippen molar-refractivity contribution in [3.63, 3.8) is 0 Å². The maximum absolute atomic E-state index is 13.0. The lowest BCUT2D eigenvalue weighted by atomic mass is 10.1. The first-order valence-electron chi connectivity index (χ1n) is 10.1. The van der Waals surface area contributed by atoms with Crippen LogP contribution in [-0.4, -0.2) is 22.8 Å². The standard InChI is InChI=1S/C24H22N2O4S/c1-4-5-21-25-17(13-31-21)12-30-24(29)16-8-9-18-19(11-16)23(28)26(22(18)27)20-10-14(2)6-7-15(20)3/h6-11,13H,4-5,12H2,1-3H3. The molecular formula is C24H22N2O4S. The van der Waals surface area contributed by atoms with Gasteiger partial charge in [0.2, 0.25) is 0 Å². The summed E-state index contributed by atoms with van der Waals surface area (Å²) in [6, 6.07) is 10.1. The number of hydrogen-bond donors (Lipinski definition) is 0. The number of thiazole rings is 1. The number of fused-ring (bicyclic) bond motifs is 1. The van der Waals surface area contributed by atoms with Crippen LogP contribution in [0.3, 0.4) is 0 Å². The summed E-state index contributed by atoms with van der Waals surface area (Å²) < 4.78 is 5.37. The van der Waals surface area contributed by atoms with Crippen molar-refractivity contribution < 1.29 is 19.1 Å². The second kappa shape index (κ2) is 8.43. The van der Waals surface area contributed by atoms with Crippen molar-refractivity contribution in [1.29, 1.82) is 0 Å². The van der Waals surface area contributed by atoms with Gasteiger partial charge in [-0.25, -0.2) is 14.7 Å². The summed E-state index contributed by atoms with van der Waals surface area (Å²) in [6.45, 7) is 5.91. The maximum atomic E-state index is 13.0. The van der Waals surface area contributed by atoms with Gasteiger partial charge in [-0.2, -0.15) is 0 Å². The third kappa shape index (κ3) is 4.01. The fourth-order valence-corrected chi connectivity index (χ4v) is 4.40. The van der Waals surface area contributed by atoms with Gasteiger partial charge in [0, 0.05) is 5.38 Å². The molecule has 2 heterocycles. The van der Waals surface area contributed by atoms with Gasteiger partial charge in [-0.3, -0.25) is 9.59 Å². The smallest absolute Gasteiger partial charge is 0.338 e. The first kappa shape index (κ1) is 20.9. The van der Waals surface area contributed by atoms with E-state index >= 15 is 0 Å². The zero-order chi connectivity index (χ0) is 22.1. The Balaban J connectivity index is 1.53. The fraction of sp³-hybridized carbons (Fsp3) is 0.250. The summed E-state index contributed by atoms with van der Waals surface area (Å²) >= 11 is 1.55. The second-order valence-corrected chi connectivity index (χ2v) is 8.50. The van der Waals surface area contributed by atoms with Crippen LogP contribution in [0.2, 0.25) is 0 Å². The third-order valence-corrected chi connectivity index (χ3v) is 6.10. The summed E-state index contributed by atoms with van der Waals surface area (Å²) in [6.07, 6.45) is 1.91. The fourth-order valence-electron chi connectivity index (χ4n) is 3.51. The number of carbonyl (C=O) groups excluding carboxylic acids is 3.